The first-order valence-corrected chi connectivity index (χ1v) is 5.76. The van der Waals surface area contributed by atoms with E-state index in [0.717, 1.165) is 16.4 Å². The summed E-state index contributed by atoms with van der Waals surface area (Å²) in [5.74, 6) is 0.807. The van der Waals surface area contributed by atoms with Gasteiger partial charge in [-0.05, 0) is 36.8 Å². The predicted octanol–water partition coefficient (Wildman–Crippen LogP) is 3.49. The van der Waals surface area contributed by atoms with Crippen molar-refractivity contribution in [3.05, 3.63) is 53.2 Å². The molecule has 1 aromatic heterocycles. The second kappa shape index (κ2) is 5.06. The first kappa shape index (κ1) is 11.7. The summed E-state index contributed by atoms with van der Waals surface area (Å²) in [6.07, 6.45) is 1.64. The fraction of sp³-hybridized carbons (Fsp3) is 0.154. The highest BCUT2D eigenvalue weighted by atomic mass is 35.5. The maximum Gasteiger partial charge on any atom is 0.126 e. The van der Waals surface area contributed by atoms with E-state index in [1.807, 2.05) is 36.4 Å². The number of hydrogen-bond donors (Lipinski definition) is 2. The zero-order valence-corrected chi connectivity index (χ0v) is 10.3. The fourth-order valence-corrected chi connectivity index (χ4v) is 1.67. The summed E-state index contributed by atoms with van der Waals surface area (Å²) >= 11 is 5.85. The Morgan fingerprint density at radius 2 is 1.88 bits per heavy atom. The lowest BCUT2D eigenvalue weighted by Gasteiger charge is -2.15. The largest absolute Gasteiger partial charge is 0.397 e. The van der Waals surface area contributed by atoms with E-state index < -0.39 is 0 Å². The summed E-state index contributed by atoms with van der Waals surface area (Å²) in [6.45, 7) is 2.07. The second-order valence-corrected chi connectivity index (χ2v) is 4.33. The van der Waals surface area contributed by atoms with Crippen LogP contribution >= 0.6 is 11.6 Å². The van der Waals surface area contributed by atoms with Gasteiger partial charge in [0.25, 0.3) is 0 Å². The molecule has 0 saturated heterocycles. The van der Waals surface area contributed by atoms with Crippen LogP contribution in [-0.4, -0.2) is 4.98 Å². The Balaban J connectivity index is 2.08. The average molecular weight is 248 g/mol. The molecule has 0 radical (unpaired) electrons. The molecule has 0 saturated carbocycles. The van der Waals surface area contributed by atoms with Gasteiger partial charge in [0.15, 0.2) is 0 Å². The minimum absolute atomic E-state index is 0.170. The molecule has 0 amide bonds. The Hall–Kier alpha value is -1.74. The number of halogens is 1. The highest BCUT2D eigenvalue weighted by molar-refractivity contribution is 6.30. The highest BCUT2D eigenvalue weighted by Gasteiger charge is 2.05. The van der Waals surface area contributed by atoms with Gasteiger partial charge in [0.05, 0.1) is 11.9 Å². The lowest BCUT2D eigenvalue weighted by molar-refractivity contribution is 0.875. The quantitative estimate of drug-likeness (QED) is 0.873. The molecule has 2 aromatic rings. The summed E-state index contributed by atoms with van der Waals surface area (Å²) in [7, 11) is 0. The average Bonchev–Trinajstić information content (AvgIpc) is 2.33. The van der Waals surface area contributed by atoms with Gasteiger partial charge in [-0.3, -0.25) is 0 Å². The van der Waals surface area contributed by atoms with Gasteiger partial charge in [-0.2, -0.15) is 0 Å². The van der Waals surface area contributed by atoms with Gasteiger partial charge in [0.1, 0.15) is 5.82 Å². The van der Waals surface area contributed by atoms with E-state index in [1.54, 1.807) is 6.20 Å². The molecule has 1 aromatic carbocycles. The molecule has 88 valence electrons. The first-order chi connectivity index (χ1) is 8.15. The van der Waals surface area contributed by atoms with E-state index in [2.05, 4.69) is 17.2 Å². The van der Waals surface area contributed by atoms with Gasteiger partial charge < -0.3 is 11.1 Å². The molecule has 2 rings (SSSR count). The van der Waals surface area contributed by atoms with Crippen molar-refractivity contribution in [3.63, 3.8) is 0 Å². The number of benzene rings is 1. The van der Waals surface area contributed by atoms with E-state index in [0.29, 0.717) is 5.69 Å². The van der Waals surface area contributed by atoms with Gasteiger partial charge in [0, 0.05) is 11.1 Å². The van der Waals surface area contributed by atoms with Crippen LogP contribution < -0.4 is 11.1 Å². The van der Waals surface area contributed by atoms with Crippen molar-refractivity contribution < 1.29 is 0 Å². The first-order valence-electron chi connectivity index (χ1n) is 5.38. The van der Waals surface area contributed by atoms with E-state index in [4.69, 9.17) is 17.3 Å². The number of nitrogen functional groups attached to an aromatic ring is 1. The number of nitrogens with one attached hydrogen (secondary N) is 1. The molecule has 1 unspecified atom stereocenters. The lowest BCUT2D eigenvalue weighted by atomic mass is 10.1. The second-order valence-electron chi connectivity index (χ2n) is 3.89. The minimum Gasteiger partial charge on any atom is -0.397 e. The molecule has 4 heteroatoms. The Morgan fingerprint density at radius 1 is 1.18 bits per heavy atom. The monoisotopic (exact) mass is 247 g/mol. The van der Waals surface area contributed by atoms with Crippen LogP contribution in [0, 0.1) is 0 Å². The van der Waals surface area contributed by atoms with Crippen molar-refractivity contribution in [1.82, 2.24) is 4.98 Å². The third kappa shape index (κ3) is 3.11. The van der Waals surface area contributed by atoms with Crippen LogP contribution in [0.2, 0.25) is 5.02 Å². The molecule has 3 nitrogen and oxygen atoms in total. The molecule has 0 aliphatic heterocycles. The van der Waals surface area contributed by atoms with Gasteiger partial charge >= 0.3 is 0 Å². The van der Waals surface area contributed by atoms with Crippen LogP contribution in [0.5, 0.6) is 0 Å². The minimum atomic E-state index is 0.170. The Morgan fingerprint density at radius 3 is 2.47 bits per heavy atom. The molecule has 1 atom stereocenters. The lowest BCUT2D eigenvalue weighted by Crippen LogP contribution is -2.07. The Bertz CT molecular complexity index is 479. The molecule has 0 fully saturated rings. The van der Waals surface area contributed by atoms with Crippen LogP contribution in [0.4, 0.5) is 11.5 Å². The van der Waals surface area contributed by atoms with E-state index in [1.165, 1.54) is 0 Å². The molecular formula is C13H14ClN3. The van der Waals surface area contributed by atoms with Crippen LogP contribution in [0.25, 0.3) is 0 Å². The number of hydrogen-bond acceptors (Lipinski definition) is 3. The van der Waals surface area contributed by atoms with Crippen molar-refractivity contribution in [2.75, 3.05) is 11.1 Å². The molecule has 17 heavy (non-hydrogen) atoms. The molecule has 0 aliphatic carbocycles. The van der Waals surface area contributed by atoms with Crippen molar-refractivity contribution in [2.45, 2.75) is 13.0 Å². The predicted molar refractivity (Wildman–Crippen MR) is 72.1 cm³/mol. The smallest absolute Gasteiger partial charge is 0.126 e. The molecule has 0 aliphatic rings. The summed E-state index contributed by atoms with van der Waals surface area (Å²) in [4.78, 5) is 4.20. The van der Waals surface area contributed by atoms with E-state index >= 15 is 0 Å². The summed E-state index contributed by atoms with van der Waals surface area (Å²) in [6, 6.07) is 11.6. The van der Waals surface area contributed by atoms with Gasteiger partial charge in [-0.25, -0.2) is 4.98 Å². The van der Waals surface area contributed by atoms with Crippen molar-refractivity contribution in [3.8, 4) is 0 Å². The molecule has 0 bridgehead atoms. The third-order valence-electron chi connectivity index (χ3n) is 2.52. The van der Waals surface area contributed by atoms with Gasteiger partial charge in [-0.15, -0.1) is 0 Å². The van der Waals surface area contributed by atoms with Crippen LogP contribution in [-0.2, 0) is 0 Å². The van der Waals surface area contributed by atoms with Crippen LogP contribution in [0.3, 0.4) is 0 Å². The zero-order chi connectivity index (χ0) is 12.3. The molecule has 3 N–H and O–H groups in total. The van der Waals surface area contributed by atoms with E-state index in [-0.39, 0.29) is 6.04 Å². The maximum atomic E-state index is 5.85. The number of nitrogens with zero attached hydrogens (tertiary/aromatic N) is 1. The molecule has 0 spiro atoms. The van der Waals surface area contributed by atoms with Gasteiger partial charge in [0.2, 0.25) is 0 Å². The summed E-state index contributed by atoms with van der Waals surface area (Å²) in [5, 5.41) is 4.04. The molecular weight excluding hydrogens is 234 g/mol. The maximum absolute atomic E-state index is 5.85. The summed E-state index contributed by atoms with van der Waals surface area (Å²) in [5.41, 5.74) is 7.40. The Labute approximate surface area is 106 Å². The SMILES string of the molecule is CC(Nc1ccc(N)cn1)c1ccc(Cl)cc1. The standard InChI is InChI=1S/C13H14ClN3/c1-9(10-2-4-11(14)5-3-10)17-13-7-6-12(15)8-16-13/h2-9H,15H2,1H3,(H,16,17). The fourth-order valence-electron chi connectivity index (χ4n) is 1.55. The number of aromatic nitrogens is 1. The van der Waals surface area contributed by atoms with Crippen molar-refractivity contribution in [1.29, 1.82) is 0 Å². The number of nitrogens with two attached hydrogens (primary N) is 1. The van der Waals surface area contributed by atoms with Crippen LogP contribution in [0.1, 0.15) is 18.5 Å². The third-order valence-corrected chi connectivity index (χ3v) is 2.77. The number of anilines is 2. The topological polar surface area (TPSA) is 50.9 Å². The highest BCUT2D eigenvalue weighted by Crippen LogP contribution is 2.20. The summed E-state index contributed by atoms with van der Waals surface area (Å²) < 4.78 is 0. The van der Waals surface area contributed by atoms with Crippen molar-refractivity contribution in [2.24, 2.45) is 0 Å². The van der Waals surface area contributed by atoms with Gasteiger partial charge in [-0.1, -0.05) is 23.7 Å². The van der Waals surface area contributed by atoms with Crippen molar-refractivity contribution >= 4 is 23.1 Å². The number of pyridine rings is 1. The number of rotatable bonds is 3. The molecule has 1 heterocycles. The van der Waals surface area contributed by atoms with Crippen LogP contribution in [0.15, 0.2) is 42.6 Å². The normalized spacial score (nSPS) is 12.1. The Kier molecular flexibility index (Phi) is 3.49. The van der Waals surface area contributed by atoms with E-state index in [9.17, 15) is 0 Å². The zero-order valence-electron chi connectivity index (χ0n) is 9.52.